The minimum atomic E-state index is -0.147. The van der Waals surface area contributed by atoms with Crippen molar-refractivity contribution >= 4 is 5.91 Å². The Kier molecular flexibility index (Phi) is 1.98. The van der Waals surface area contributed by atoms with E-state index in [1.165, 1.54) is 5.57 Å². The summed E-state index contributed by atoms with van der Waals surface area (Å²) in [5.41, 5.74) is 1.09. The number of nitrogens with one attached hydrogen (secondary N) is 1. The summed E-state index contributed by atoms with van der Waals surface area (Å²) in [5.74, 6) is 0.185. The van der Waals surface area contributed by atoms with E-state index in [9.17, 15) is 4.79 Å². The molecule has 0 bridgehead atoms. The van der Waals surface area contributed by atoms with Crippen molar-refractivity contribution in [2.75, 3.05) is 7.05 Å². The van der Waals surface area contributed by atoms with E-state index in [0.717, 1.165) is 25.7 Å². The van der Waals surface area contributed by atoms with Crippen molar-refractivity contribution in [1.82, 2.24) is 5.32 Å². The highest BCUT2D eigenvalue weighted by Crippen LogP contribution is 2.53. The van der Waals surface area contributed by atoms with Crippen LogP contribution in [0.3, 0.4) is 0 Å². The minimum Gasteiger partial charge on any atom is -0.358 e. The number of carbonyl (C=O) groups excluding carboxylic acids is 1. The number of hydrogen-bond donors (Lipinski definition) is 1. The van der Waals surface area contributed by atoms with Gasteiger partial charge in [-0.1, -0.05) is 18.2 Å². The maximum absolute atomic E-state index is 11.6. The number of hydrogen-bond acceptors (Lipinski definition) is 1. The van der Waals surface area contributed by atoms with Crippen molar-refractivity contribution in [1.29, 1.82) is 0 Å². The molecule has 1 N–H and O–H groups in total. The van der Waals surface area contributed by atoms with Crippen LogP contribution in [0.25, 0.3) is 0 Å². The molecule has 0 atom stereocenters. The highest BCUT2D eigenvalue weighted by atomic mass is 16.2. The molecule has 2 nitrogen and oxygen atoms in total. The zero-order valence-corrected chi connectivity index (χ0v) is 7.97. The van der Waals surface area contributed by atoms with Gasteiger partial charge in [0.1, 0.15) is 0 Å². The van der Waals surface area contributed by atoms with E-state index >= 15 is 0 Å². The SMILES string of the molecule is CNC(=O)C1(C2=CCCC=C2)CC1. The second-order valence-corrected chi connectivity index (χ2v) is 3.80. The third-order valence-corrected chi connectivity index (χ3v) is 2.96. The van der Waals surface area contributed by atoms with Crippen molar-refractivity contribution in [3.63, 3.8) is 0 Å². The predicted octanol–water partition coefficient (Wildman–Crippen LogP) is 1.79. The Morgan fingerprint density at radius 2 is 2.23 bits per heavy atom. The Bertz CT molecular complexity index is 284. The molecule has 0 heterocycles. The minimum absolute atomic E-state index is 0.147. The van der Waals surface area contributed by atoms with Gasteiger partial charge in [-0.15, -0.1) is 0 Å². The average molecular weight is 177 g/mol. The molecule has 2 rings (SSSR count). The molecular formula is C11H15NO. The van der Waals surface area contributed by atoms with Gasteiger partial charge in [-0.25, -0.2) is 0 Å². The predicted molar refractivity (Wildman–Crippen MR) is 52.2 cm³/mol. The molecule has 0 aromatic rings. The van der Waals surface area contributed by atoms with E-state index in [2.05, 4.69) is 23.5 Å². The van der Waals surface area contributed by atoms with Gasteiger partial charge in [0.15, 0.2) is 0 Å². The number of allylic oxidation sites excluding steroid dienone is 3. The molecule has 0 spiro atoms. The molecule has 0 aliphatic heterocycles. The Hall–Kier alpha value is -1.05. The molecule has 2 aliphatic carbocycles. The molecule has 0 unspecified atom stereocenters. The molecule has 0 radical (unpaired) electrons. The molecule has 1 fully saturated rings. The summed E-state index contributed by atoms with van der Waals surface area (Å²) in [6.07, 6.45) is 10.7. The molecule has 1 amide bonds. The van der Waals surface area contributed by atoms with Crippen LogP contribution in [0.5, 0.6) is 0 Å². The molecule has 70 valence electrons. The molecule has 2 aliphatic rings. The Labute approximate surface area is 78.7 Å². The van der Waals surface area contributed by atoms with E-state index in [-0.39, 0.29) is 11.3 Å². The van der Waals surface area contributed by atoms with Crippen LogP contribution in [0.1, 0.15) is 25.7 Å². The van der Waals surface area contributed by atoms with Gasteiger partial charge in [0, 0.05) is 7.05 Å². The van der Waals surface area contributed by atoms with Crippen LogP contribution in [-0.2, 0) is 4.79 Å². The highest BCUT2D eigenvalue weighted by Gasteiger charge is 2.51. The van der Waals surface area contributed by atoms with Crippen molar-refractivity contribution in [3.8, 4) is 0 Å². The van der Waals surface area contributed by atoms with Crippen molar-refractivity contribution in [2.24, 2.45) is 5.41 Å². The molecule has 2 heteroatoms. The van der Waals surface area contributed by atoms with Gasteiger partial charge in [-0.2, -0.15) is 0 Å². The zero-order chi connectivity index (χ0) is 9.31. The normalized spacial score (nSPS) is 23.6. The van der Waals surface area contributed by atoms with Crippen LogP contribution < -0.4 is 5.32 Å². The topological polar surface area (TPSA) is 29.1 Å². The van der Waals surface area contributed by atoms with Gasteiger partial charge < -0.3 is 5.32 Å². The van der Waals surface area contributed by atoms with Crippen molar-refractivity contribution in [2.45, 2.75) is 25.7 Å². The molecule has 0 saturated heterocycles. The number of rotatable bonds is 2. The first-order chi connectivity index (χ1) is 6.29. The van der Waals surface area contributed by atoms with Crippen LogP contribution in [0.15, 0.2) is 23.8 Å². The lowest BCUT2D eigenvalue weighted by Gasteiger charge is -2.17. The highest BCUT2D eigenvalue weighted by molar-refractivity contribution is 5.89. The third-order valence-electron chi connectivity index (χ3n) is 2.96. The summed E-state index contributed by atoms with van der Waals surface area (Å²) in [4.78, 5) is 11.6. The quantitative estimate of drug-likeness (QED) is 0.684. The van der Waals surface area contributed by atoms with Crippen LogP contribution in [0.2, 0.25) is 0 Å². The largest absolute Gasteiger partial charge is 0.358 e. The lowest BCUT2D eigenvalue weighted by molar-refractivity contribution is -0.124. The molecule has 13 heavy (non-hydrogen) atoms. The second-order valence-electron chi connectivity index (χ2n) is 3.80. The van der Waals surface area contributed by atoms with Gasteiger partial charge in [0.25, 0.3) is 0 Å². The summed E-state index contributed by atoms with van der Waals surface area (Å²) >= 11 is 0. The van der Waals surface area contributed by atoms with Crippen LogP contribution >= 0.6 is 0 Å². The second kappa shape index (κ2) is 3.02. The van der Waals surface area contributed by atoms with E-state index < -0.39 is 0 Å². The molecule has 0 aromatic carbocycles. The molecule has 0 aromatic heterocycles. The number of carbonyl (C=O) groups is 1. The lowest BCUT2D eigenvalue weighted by atomic mass is 9.90. The Balaban J connectivity index is 2.20. The fourth-order valence-electron chi connectivity index (χ4n) is 1.98. The monoisotopic (exact) mass is 177 g/mol. The smallest absolute Gasteiger partial charge is 0.230 e. The summed E-state index contributed by atoms with van der Waals surface area (Å²) in [6, 6.07) is 0. The van der Waals surface area contributed by atoms with E-state index in [1.807, 2.05) is 0 Å². The Morgan fingerprint density at radius 3 is 2.69 bits per heavy atom. The summed E-state index contributed by atoms with van der Waals surface area (Å²) < 4.78 is 0. The Morgan fingerprint density at radius 1 is 1.46 bits per heavy atom. The zero-order valence-electron chi connectivity index (χ0n) is 7.97. The van der Waals surface area contributed by atoms with Crippen LogP contribution in [0.4, 0.5) is 0 Å². The number of amides is 1. The lowest BCUT2D eigenvalue weighted by Crippen LogP contribution is -2.30. The third kappa shape index (κ3) is 1.30. The fraction of sp³-hybridized carbons (Fsp3) is 0.545. The van der Waals surface area contributed by atoms with E-state index in [4.69, 9.17) is 0 Å². The van der Waals surface area contributed by atoms with Gasteiger partial charge >= 0.3 is 0 Å². The van der Waals surface area contributed by atoms with E-state index in [0.29, 0.717) is 0 Å². The first-order valence-electron chi connectivity index (χ1n) is 4.89. The first-order valence-corrected chi connectivity index (χ1v) is 4.89. The van der Waals surface area contributed by atoms with Crippen LogP contribution in [-0.4, -0.2) is 13.0 Å². The van der Waals surface area contributed by atoms with Crippen molar-refractivity contribution in [3.05, 3.63) is 23.8 Å². The van der Waals surface area contributed by atoms with Gasteiger partial charge in [0.05, 0.1) is 5.41 Å². The van der Waals surface area contributed by atoms with Crippen molar-refractivity contribution < 1.29 is 4.79 Å². The fourth-order valence-corrected chi connectivity index (χ4v) is 1.98. The average Bonchev–Trinajstić information content (AvgIpc) is 2.99. The van der Waals surface area contributed by atoms with Gasteiger partial charge in [-0.3, -0.25) is 4.79 Å². The summed E-state index contributed by atoms with van der Waals surface area (Å²) in [6.45, 7) is 0. The standard InChI is InChI=1S/C11H15NO/c1-12-10(13)11(7-8-11)9-5-3-2-4-6-9/h3,5-6H,2,4,7-8H2,1H3,(H,12,13). The maximum Gasteiger partial charge on any atom is 0.230 e. The first kappa shape index (κ1) is 8.54. The molecule has 1 saturated carbocycles. The maximum atomic E-state index is 11.6. The van der Waals surface area contributed by atoms with Gasteiger partial charge in [0.2, 0.25) is 5.91 Å². The van der Waals surface area contributed by atoms with Gasteiger partial charge in [-0.05, 0) is 31.3 Å². The summed E-state index contributed by atoms with van der Waals surface area (Å²) in [5, 5.41) is 2.75. The molecular weight excluding hydrogens is 162 g/mol. The van der Waals surface area contributed by atoms with E-state index in [1.54, 1.807) is 7.05 Å². The van der Waals surface area contributed by atoms with Crippen LogP contribution in [0, 0.1) is 5.41 Å². The summed E-state index contributed by atoms with van der Waals surface area (Å²) in [7, 11) is 1.72.